The van der Waals surface area contributed by atoms with Crippen molar-refractivity contribution in [2.75, 3.05) is 6.54 Å². The van der Waals surface area contributed by atoms with E-state index >= 15 is 0 Å². The van der Waals surface area contributed by atoms with Crippen LogP contribution in [0.2, 0.25) is 0 Å². The molecule has 2 atom stereocenters. The van der Waals surface area contributed by atoms with Crippen LogP contribution in [0.15, 0.2) is 4.52 Å². The van der Waals surface area contributed by atoms with Gasteiger partial charge < -0.3 is 19.6 Å². The van der Waals surface area contributed by atoms with E-state index in [2.05, 4.69) is 10.1 Å². The van der Waals surface area contributed by atoms with Gasteiger partial charge in [-0.1, -0.05) is 5.16 Å². The van der Waals surface area contributed by atoms with E-state index in [-0.39, 0.29) is 5.82 Å². The topological polar surface area (TPSA) is 99.7 Å². The molecule has 1 aromatic rings. The molecule has 1 aliphatic rings. The van der Waals surface area contributed by atoms with Crippen molar-refractivity contribution in [3.05, 3.63) is 11.7 Å². The Labute approximate surface area is 91.7 Å². The highest BCUT2D eigenvalue weighted by molar-refractivity contribution is 5.65. The van der Waals surface area contributed by atoms with Crippen molar-refractivity contribution in [2.45, 2.75) is 31.9 Å². The van der Waals surface area contributed by atoms with Gasteiger partial charge in [-0.2, -0.15) is 4.98 Å². The molecule has 7 nitrogen and oxygen atoms in total. The van der Waals surface area contributed by atoms with Crippen molar-refractivity contribution in [2.24, 2.45) is 0 Å². The van der Waals surface area contributed by atoms with E-state index in [1.165, 1.54) is 4.90 Å². The number of rotatable bonds is 2. The van der Waals surface area contributed by atoms with Crippen LogP contribution < -0.4 is 0 Å². The average molecular weight is 227 g/mol. The zero-order chi connectivity index (χ0) is 11.7. The monoisotopic (exact) mass is 227 g/mol. The number of likely N-dealkylation sites (tertiary alicyclic amines) is 1. The van der Waals surface area contributed by atoms with Crippen molar-refractivity contribution < 1.29 is 19.5 Å². The number of hydrogen-bond acceptors (Lipinski definition) is 5. The summed E-state index contributed by atoms with van der Waals surface area (Å²) in [5, 5.41) is 22.5. The first-order valence-corrected chi connectivity index (χ1v) is 5.07. The zero-order valence-corrected chi connectivity index (χ0v) is 8.83. The largest absolute Gasteiger partial charge is 0.465 e. The Morgan fingerprint density at radius 3 is 3.00 bits per heavy atom. The van der Waals surface area contributed by atoms with Crippen molar-refractivity contribution in [3.8, 4) is 0 Å². The van der Waals surface area contributed by atoms with Gasteiger partial charge in [0.2, 0.25) is 11.7 Å². The van der Waals surface area contributed by atoms with Crippen LogP contribution in [0, 0.1) is 6.92 Å². The predicted molar refractivity (Wildman–Crippen MR) is 51.7 cm³/mol. The van der Waals surface area contributed by atoms with Crippen LogP contribution in [0.1, 0.15) is 30.7 Å². The SMILES string of the molecule is Cc1nc(C(O)C2CCCN2C(=O)O)no1. The number of aryl methyl sites for hydroxylation is 1. The molecule has 0 bridgehead atoms. The molecule has 0 radical (unpaired) electrons. The minimum atomic E-state index is -1.03. The van der Waals surface area contributed by atoms with E-state index in [0.29, 0.717) is 18.9 Å². The fraction of sp³-hybridized carbons (Fsp3) is 0.667. The lowest BCUT2D eigenvalue weighted by Crippen LogP contribution is -2.38. The molecule has 88 valence electrons. The van der Waals surface area contributed by atoms with E-state index in [0.717, 1.165) is 6.42 Å². The zero-order valence-electron chi connectivity index (χ0n) is 8.83. The third-order valence-corrected chi connectivity index (χ3v) is 2.72. The molecule has 7 heteroatoms. The number of aliphatic hydroxyl groups excluding tert-OH is 1. The predicted octanol–water partition coefficient (Wildman–Crippen LogP) is 0.554. The number of carboxylic acid groups (broad SMARTS) is 1. The molecule has 1 saturated heterocycles. The molecule has 2 heterocycles. The molecular weight excluding hydrogens is 214 g/mol. The summed E-state index contributed by atoms with van der Waals surface area (Å²) < 4.78 is 4.75. The lowest BCUT2D eigenvalue weighted by Gasteiger charge is -2.24. The second-order valence-electron chi connectivity index (χ2n) is 3.80. The van der Waals surface area contributed by atoms with Crippen LogP contribution in [0.25, 0.3) is 0 Å². The van der Waals surface area contributed by atoms with E-state index in [4.69, 9.17) is 9.63 Å². The second-order valence-corrected chi connectivity index (χ2v) is 3.80. The van der Waals surface area contributed by atoms with Crippen molar-refractivity contribution in [1.82, 2.24) is 15.0 Å². The summed E-state index contributed by atoms with van der Waals surface area (Å²) in [6, 6.07) is -0.477. The Hall–Kier alpha value is -1.63. The van der Waals surface area contributed by atoms with Gasteiger partial charge in [-0.25, -0.2) is 4.79 Å². The van der Waals surface area contributed by atoms with Crippen LogP contribution in [0.4, 0.5) is 4.79 Å². The maximum atomic E-state index is 10.9. The van der Waals surface area contributed by atoms with Gasteiger partial charge in [-0.3, -0.25) is 0 Å². The summed E-state index contributed by atoms with van der Waals surface area (Å²) >= 11 is 0. The fourth-order valence-corrected chi connectivity index (χ4v) is 1.97. The molecule has 0 aliphatic carbocycles. The van der Waals surface area contributed by atoms with Crippen LogP contribution in [0.5, 0.6) is 0 Å². The lowest BCUT2D eigenvalue weighted by molar-refractivity contribution is 0.0611. The van der Waals surface area contributed by atoms with Gasteiger partial charge in [-0.05, 0) is 12.8 Å². The molecule has 2 rings (SSSR count). The molecule has 0 saturated carbocycles. The van der Waals surface area contributed by atoms with E-state index < -0.39 is 18.2 Å². The first kappa shape index (κ1) is 10.9. The van der Waals surface area contributed by atoms with Gasteiger partial charge in [0, 0.05) is 13.5 Å². The molecule has 16 heavy (non-hydrogen) atoms. The highest BCUT2D eigenvalue weighted by Crippen LogP contribution is 2.27. The van der Waals surface area contributed by atoms with E-state index in [1.54, 1.807) is 6.92 Å². The van der Waals surface area contributed by atoms with Crippen LogP contribution >= 0.6 is 0 Å². The Morgan fingerprint density at radius 1 is 1.69 bits per heavy atom. The van der Waals surface area contributed by atoms with Gasteiger partial charge in [0.15, 0.2) is 0 Å². The molecule has 1 amide bonds. The molecule has 0 spiro atoms. The third-order valence-electron chi connectivity index (χ3n) is 2.72. The average Bonchev–Trinajstić information content (AvgIpc) is 2.84. The van der Waals surface area contributed by atoms with E-state index in [1.807, 2.05) is 0 Å². The number of hydrogen-bond donors (Lipinski definition) is 2. The number of nitrogens with zero attached hydrogens (tertiary/aromatic N) is 3. The number of aromatic nitrogens is 2. The van der Waals surface area contributed by atoms with Crippen LogP contribution in [0.3, 0.4) is 0 Å². The van der Waals surface area contributed by atoms with Gasteiger partial charge in [0.05, 0.1) is 6.04 Å². The summed E-state index contributed by atoms with van der Waals surface area (Å²) in [4.78, 5) is 16.0. The minimum Gasteiger partial charge on any atom is -0.465 e. The Balaban J connectivity index is 2.15. The summed E-state index contributed by atoms with van der Waals surface area (Å²) in [5.41, 5.74) is 0. The molecule has 1 aromatic heterocycles. The molecule has 1 aliphatic heterocycles. The highest BCUT2D eigenvalue weighted by atomic mass is 16.5. The maximum Gasteiger partial charge on any atom is 0.407 e. The van der Waals surface area contributed by atoms with Crippen LogP contribution in [-0.2, 0) is 0 Å². The smallest absolute Gasteiger partial charge is 0.407 e. The summed E-state index contributed by atoms with van der Waals surface area (Å²) in [7, 11) is 0. The van der Waals surface area contributed by atoms with Crippen molar-refractivity contribution >= 4 is 6.09 Å². The molecule has 1 fully saturated rings. The summed E-state index contributed by atoms with van der Waals surface area (Å²) in [6.45, 7) is 2.06. The molecule has 2 N–H and O–H groups in total. The fourth-order valence-electron chi connectivity index (χ4n) is 1.97. The van der Waals surface area contributed by atoms with Crippen molar-refractivity contribution in [1.29, 1.82) is 0 Å². The number of amides is 1. The first-order chi connectivity index (χ1) is 7.59. The maximum absolute atomic E-state index is 10.9. The second kappa shape index (κ2) is 4.09. The summed E-state index contributed by atoms with van der Waals surface area (Å²) in [6.07, 6.45) is -0.691. The lowest BCUT2D eigenvalue weighted by atomic mass is 10.1. The Morgan fingerprint density at radius 2 is 2.44 bits per heavy atom. The highest BCUT2D eigenvalue weighted by Gasteiger charge is 2.36. The molecular formula is C9H13N3O4. The standard InChI is InChI=1S/C9H13N3O4/c1-5-10-8(11-16-5)7(13)6-3-2-4-12(6)9(14)15/h6-7,13H,2-4H2,1H3,(H,14,15). The first-order valence-electron chi connectivity index (χ1n) is 5.07. The number of aliphatic hydroxyl groups is 1. The normalized spacial score (nSPS) is 22.4. The van der Waals surface area contributed by atoms with Crippen molar-refractivity contribution in [3.63, 3.8) is 0 Å². The number of carbonyl (C=O) groups is 1. The van der Waals surface area contributed by atoms with Gasteiger partial charge in [0.1, 0.15) is 6.10 Å². The van der Waals surface area contributed by atoms with Gasteiger partial charge in [-0.15, -0.1) is 0 Å². The van der Waals surface area contributed by atoms with E-state index in [9.17, 15) is 9.90 Å². The quantitative estimate of drug-likeness (QED) is 0.765. The third kappa shape index (κ3) is 1.85. The van der Waals surface area contributed by atoms with Gasteiger partial charge >= 0.3 is 6.09 Å². The minimum absolute atomic E-state index is 0.149. The Bertz CT molecular complexity index is 392. The van der Waals surface area contributed by atoms with Crippen LogP contribution in [-0.4, -0.2) is 43.9 Å². The summed E-state index contributed by atoms with van der Waals surface area (Å²) in [5.74, 6) is 0.504. The molecule has 2 unspecified atom stereocenters. The van der Waals surface area contributed by atoms with Gasteiger partial charge in [0.25, 0.3) is 0 Å². The molecule has 0 aromatic carbocycles. The Kier molecular flexibility index (Phi) is 2.78.